The molecule has 0 aromatic carbocycles. The van der Waals surface area contributed by atoms with Gasteiger partial charge in [0.15, 0.2) is 6.39 Å². The van der Waals surface area contributed by atoms with Crippen LogP contribution in [0.3, 0.4) is 0 Å². The van der Waals surface area contributed by atoms with Gasteiger partial charge in [0.1, 0.15) is 11.5 Å². The summed E-state index contributed by atoms with van der Waals surface area (Å²) < 4.78 is 5.07. The molecule has 1 rings (SSSR count). The van der Waals surface area contributed by atoms with E-state index in [1.807, 2.05) is 6.92 Å². The number of rotatable bonds is 8. The van der Waals surface area contributed by atoms with E-state index in [1.54, 1.807) is 0 Å². The van der Waals surface area contributed by atoms with Gasteiger partial charge in [-0.3, -0.25) is 0 Å². The largest absolute Gasteiger partial charge is 0.448 e. The summed E-state index contributed by atoms with van der Waals surface area (Å²) in [4.78, 5) is 15.8. The fourth-order valence-electron chi connectivity index (χ4n) is 2.17. The summed E-state index contributed by atoms with van der Waals surface area (Å²) in [5, 5.41) is 14.8. The van der Waals surface area contributed by atoms with Crippen LogP contribution in [0.5, 0.6) is 0 Å². The van der Waals surface area contributed by atoms with Crippen LogP contribution in [0.2, 0.25) is 0 Å². The third-order valence-corrected chi connectivity index (χ3v) is 4.03. The van der Waals surface area contributed by atoms with E-state index in [0.29, 0.717) is 25.3 Å². The van der Waals surface area contributed by atoms with E-state index < -0.39 is 0 Å². The van der Waals surface area contributed by atoms with Crippen molar-refractivity contribution < 1.29 is 14.3 Å². The fourth-order valence-corrected chi connectivity index (χ4v) is 2.17. The third kappa shape index (κ3) is 4.52. The van der Waals surface area contributed by atoms with Crippen LogP contribution in [0.4, 0.5) is 4.79 Å². The summed E-state index contributed by atoms with van der Waals surface area (Å²) >= 11 is 0. The summed E-state index contributed by atoms with van der Waals surface area (Å²) in [5.41, 5.74) is 0.698. The molecule has 0 aliphatic heterocycles. The molecule has 1 heterocycles. The van der Waals surface area contributed by atoms with Crippen LogP contribution in [0.15, 0.2) is 10.8 Å². The Morgan fingerprint density at radius 3 is 2.60 bits per heavy atom. The van der Waals surface area contributed by atoms with Crippen molar-refractivity contribution in [1.29, 1.82) is 0 Å². The van der Waals surface area contributed by atoms with Crippen LogP contribution in [0, 0.1) is 12.3 Å². The summed E-state index contributed by atoms with van der Waals surface area (Å²) in [5.74, 6) is 0.710. The zero-order valence-electron chi connectivity index (χ0n) is 12.5. The second-order valence-electron chi connectivity index (χ2n) is 5.07. The van der Waals surface area contributed by atoms with Crippen molar-refractivity contribution in [3.8, 4) is 0 Å². The molecule has 2 amide bonds. The predicted octanol–water partition coefficient (Wildman–Crippen LogP) is 1.97. The highest BCUT2D eigenvalue weighted by molar-refractivity contribution is 5.73. The quantitative estimate of drug-likeness (QED) is 0.680. The Morgan fingerprint density at radius 1 is 1.40 bits per heavy atom. The number of hydrogen-bond acceptors (Lipinski definition) is 4. The molecule has 0 atom stereocenters. The molecular weight excluding hydrogens is 258 g/mol. The molecule has 1 aromatic heterocycles. The Hall–Kier alpha value is -1.56. The van der Waals surface area contributed by atoms with Crippen LogP contribution in [0.1, 0.15) is 44.6 Å². The van der Waals surface area contributed by atoms with E-state index in [2.05, 4.69) is 29.5 Å². The Kier molecular flexibility index (Phi) is 6.51. The summed E-state index contributed by atoms with van der Waals surface area (Å²) in [6, 6.07) is -0.225. The van der Waals surface area contributed by atoms with E-state index in [9.17, 15) is 4.79 Å². The number of hydrogen-bond donors (Lipinski definition) is 3. The standard InChI is InChI=1S/C14H25N3O3/c1-4-14(5-2,6-7-18)9-16-13(19)15-8-12-11(3)20-10-17-12/h10,18H,4-9H2,1-3H3,(H2,15,16,19). The smallest absolute Gasteiger partial charge is 0.315 e. The van der Waals surface area contributed by atoms with Gasteiger partial charge in [0.2, 0.25) is 0 Å². The molecule has 0 bridgehead atoms. The van der Waals surface area contributed by atoms with E-state index >= 15 is 0 Å². The zero-order chi connectivity index (χ0) is 15.0. The maximum atomic E-state index is 11.8. The van der Waals surface area contributed by atoms with Crippen molar-refractivity contribution in [3.63, 3.8) is 0 Å². The van der Waals surface area contributed by atoms with Crippen LogP contribution in [-0.2, 0) is 6.54 Å². The number of aryl methyl sites for hydroxylation is 1. The number of aromatic nitrogens is 1. The molecule has 0 radical (unpaired) electrons. The second-order valence-corrected chi connectivity index (χ2v) is 5.07. The lowest BCUT2D eigenvalue weighted by Gasteiger charge is -2.31. The molecule has 3 N–H and O–H groups in total. The van der Waals surface area contributed by atoms with Gasteiger partial charge in [-0.05, 0) is 31.6 Å². The van der Waals surface area contributed by atoms with Gasteiger partial charge in [0.25, 0.3) is 0 Å². The molecule has 0 aliphatic rings. The van der Waals surface area contributed by atoms with Crippen molar-refractivity contribution in [3.05, 3.63) is 17.8 Å². The molecule has 6 heteroatoms. The number of aliphatic hydroxyl groups excluding tert-OH is 1. The van der Waals surface area contributed by atoms with Crippen molar-refractivity contribution in [2.75, 3.05) is 13.2 Å². The molecule has 0 aliphatic carbocycles. The van der Waals surface area contributed by atoms with E-state index in [-0.39, 0.29) is 18.1 Å². The van der Waals surface area contributed by atoms with E-state index in [0.717, 1.165) is 18.5 Å². The first-order chi connectivity index (χ1) is 9.56. The Morgan fingerprint density at radius 2 is 2.10 bits per heavy atom. The Balaban J connectivity index is 2.40. The molecule has 20 heavy (non-hydrogen) atoms. The molecule has 0 saturated carbocycles. The van der Waals surface area contributed by atoms with Gasteiger partial charge in [0.05, 0.1) is 6.54 Å². The van der Waals surface area contributed by atoms with E-state index in [4.69, 9.17) is 9.52 Å². The molecule has 0 spiro atoms. The number of amides is 2. The van der Waals surface area contributed by atoms with Gasteiger partial charge in [-0.2, -0.15) is 0 Å². The first kappa shape index (κ1) is 16.5. The lowest BCUT2D eigenvalue weighted by Crippen LogP contribution is -2.42. The number of nitrogens with one attached hydrogen (secondary N) is 2. The van der Waals surface area contributed by atoms with Gasteiger partial charge in [-0.25, -0.2) is 9.78 Å². The maximum absolute atomic E-state index is 11.8. The highest BCUT2D eigenvalue weighted by Gasteiger charge is 2.26. The predicted molar refractivity (Wildman–Crippen MR) is 76.2 cm³/mol. The average molecular weight is 283 g/mol. The van der Waals surface area contributed by atoms with Crippen LogP contribution < -0.4 is 10.6 Å². The lowest BCUT2D eigenvalue weighted by molar-refractivity contribution is 0.163. The minimum Gasteiger partial charge on any atom is -0.448 e. The van der Waals surface area contributed by atoms with Crippen LogP contribution >= 0.6 is 0 Å². The van der Waals surface area contributed by atoms with Crippen molar-refractivity contribution in [1.82, 2.24) is 15.6 Å². The molecule has 0 saturated heterocycles. The topological polar surface area (TPSA) is 87.4 Å². The van der Waals surface area contributed by atoms with E-state index in [1.165, 1.54) is 6.39 Å². The summed E-state index contributed by atoms with van der Waals surface area (Å²) in [6.45, 7) is 7.02. The molecule has 1 aromatic rings. The number of carbonyl (C=O) groups excluding carboxylic acids is 1. The van der Waals surface area contributed by atoms with Gasteiger partial charge in [-0.15, -0.1) is 0 Å². The Bertz CT molecular complexity index is 414. The first-order valence-corrected chi connectivity index (χ1v) is 7.08. The van der Waals surface area contributed by atoms with Crippen LogP contribution in [0.25, 0.3) is 0 Å². The number of aliphatic hydroxyl groups is 1. The van der Waals surface area contributed by atoms with Gasteiger partial charge in [-0.1, -0.05) is 13.8 Å². The number of oxazole rings is 1. The van der Waals surface area contributed by atoms with Gasteiger partial charge < -0.3 is 20.2 Å². The summed E-state index contributed by atoms with van der Waals surface area (Å²) in [7, 11) is 0. The number of nitrogens with zero attached hydrogens (tertiary/aromatic N) is 1. The highest BCUT2D eigenvalue weighted by Crippen LogP contribution is 2.29. The SMILES string of the molecule is CCC(CC)(CCO)CNC(=O)NCc1ncoc1C. The monoisotopic (exact) mass is 283 g/mol. The first-order valence-electron chi connectivity index (χ1n) is 7.08. The van der Waals surface area contributed by atoms with Gasteiger partial charge in [0, 0.05) is 13.2 Å². The van der Waals surface area contributed by atoms with Crippen molar-refractivity contribution in [2.45, 2.75) is 46.6 Å². The Labute approximate surface area is 120 Å². The minimum absolute atomic E-state index is 0.0318. The molecule has 6 nitrogen and oxygen atoms in total. The minimum atomic E-state index is -0.225. The summed E-state index contributed by atoms with van der Waals surface area (Å²) in [6.07, 6.45) is 3.91. The van der Waals surface area contributed by atoms with Gasteiger partial charge >= 0.3 is 6.03 Å². The molecule has 0 unspecified atom stereocenters. The highest BCUT2D eigenvalue weighted by atomic mass is 16.3. The molecule has 0 fully saturated rings. The normalized spacial score (nSPS) is 11.4. The maximum Gasteiger partial charge on any atom is 0.315 e. The average Bonchev–Trinajstić information content (AvgIpc) is 2.87. The second kappa shape index (κ2) is 7.89. The number of urea groups is 1. The zero-order valence-corrected chi connectivity index (χ0v) is 12.5. The van der Waals surface area contributed by atoms with Crippen molar-refractivity contribution >= 4 is 6.03 Å². The van der Waals surface area contributed by atoms with Crippen molar-refractivity contribution in [2.24, 2.45) is 5.41 Å². The van der Waals surface area contributed by atoms with Crippen LogP contribution in [-0.4, -0.2) is 29.3 Å². The molecular formula is C14H25N3O3. The third-order valence-electron chi connectivity index (χ3n) is 4.03. The lowest BCUT2D eigenvalue weighted by atomic mass is 9.79. The number of carbonyl (C=O) groups is 1. The fraction of sp³-hybridized carbons (Fsp3) is 0.714. The molecule has 114 valence electrons.